The second-order valence-electron chi connectivity index (χ2n) is 6.42. The summed E-state index contributed by atoms with van der Waals surface area (Å²) in [6.45, 7) is 5.08. The molecular weight excluding hydrogens is 384 g/mol. The number of aryl methyl sites for hydroxylation is 1. The summed E-state index contributed by atoms with van der Waals surface area (Å²) in [5.74, 6) is -0.166. The number of nitrogens with zero attached hydrogens (tertiary/aromatic N) is 2. The molecule has 0 saturated carbocycles. The maximum Gasteiger partial charge on any atom is 0.259 e. The highest BCUT2D eigenvalue weighted by Crippen LogP contribution is 2.32. The molecule has 3 rings (SSSR count). The Bertz CT molecular complexity index is 955. The molecule has 2 aromatic rings. The number of hydrogen-bond donors (Lipinski definition) is 0. The molecule has 0 radical (unpaired) electrons. The highest BCUT2D eigenvalue weighted by molar-refractivity contribution is 7.89. The van der Waals surface area contributed by atoms with Gasteiger partial charge >= 0.3 is 0 Å². The molecule has 7 heteroatoms. The van der Waals surface area contributed by atoms with Crippen LogP contribution >= 0.6 is 11.6 Å². The lowest BCUT2D eigenvalue weighted by atomic mass is 10.0. The summed E-state index contributed by atoms with van der Waals surface area (Å²) >= 11 is 6.18. The summed E-state index contributed by atoms with van der Waals surface area (Å²) in [5, 5.41) is 0.412. The van der Waals surface area contributed by atoms with Gasteiger partial charge in [-0.15, -0.1) is 0 Å². The van der Waals surface area contributed by atoms with Crippen LogP contribution in [0.15, 0.2) is 47.4 Å². The van der Waals surface area contributed by atoms with Crippen LogP contribution in [0.1, 0.15) is 36.2 Å². The van der Waals surface area contributed by atoms with Gasteiger partial charge in [0.15, 0.2) is 0 Å². The van der Waals surface area contributed by atoms with E-state index in [0.717, 1.165) is 24.1 Å². The quantitative estimate of drug-likeness (QED) is 0.755. The molecule has 1 aliphatic heterocycles. The molecule has 0 aromatic heterocycles. The molecule has 0 N–H and O–H groups in total. The average Bonchev–Trinajstić information content (AvgIpc) is 2.67. The molecule has 0 aliphatic carbocycles. The molecular formula is C20H23ClN2O3S. The molecule has 2 aromatic carbocycles. The van der Waals surface area contributed by atoms with Crippen molar-refractivity contribution in [3.8, 4) is 0 Å². The maximum atomic E-state index is 13.0. The molecule has 0 fully saturated rings. The largest absolute Gasteiger partial charge is 0.308 e. The van der Waals surface area contributed by atoms with Crippen molar-refractivity contribution < 1.29 is 13.2 Å². The molecule has 1 amide bonds. The number of amides is 1. The lowest BCUT2D eigenvalue weighted by Crippen LogP contribution is -2.36. The third kappa shape index (κ3) is 3.74. The second kappa shape index (κ2) is 8.00. The van der Waals surface area contributed by atoms with Crippen LogP contribution in [0, 0.1) is 0 Å². The van der Waals surface area contributed by atoms with E-state index in [2.05, 4.69) is 0 Å². The van der Waals surface area contributed by atoms with Gasteiger partial charge in [0.25, 0.3) is 5.91 Å². The monoisotopic (exact) mass is 406 g/mol. The van der Waals surface area contributed by atoms with Crippen LogP contribution < -0.4 is 4.90 Å². The van der Waals surface area contributed by atoms with Crippen molar-refractivity contribution in [2.24, 2.45) is 0 Å². The Morgan fingerprint density at radius 1 is 1.15 bits per heavy atom. The minimum absolute atomic E-state index is 0.166. The average molecular weight is 407 g/mol. The van der Waals surface area contributed by atoms with Crippen LogP contribution in [-0.2, 0) is 16.4 Å². The van der Waals surface area contributed by atoms with E-state index < -0.39 is 10.0 Å². The zero-order chi connectivity index (χ0) is 19.6. The Morgan fingerprint density at radius 2 is 1.85 bits per heavy atom. The van der Waals surface area contributed by atoms with Gasteiger partial charge in [0.1, 0.15) is 0 Å². The van der Waals surface area contributed by atoms with Crippen LogP contribution in [0.25, 0.3) is 0 Å². The SMILES string of the molecule is CCN(CC)S(=O)(=O)c1ccc2c(c1)CCCN2C(=O)c1ccccc1Cl. The lowest BCUT2D eigenvalue weighted by molar-refractivity contribution is 0.0985. The van der Waals surface area contributed by atoms with Crippen LogP contribution in [0.4, 0.5) is 5.69 Å². The van der Waals surface area contributed by atoms with E-state index in [1.54, 1.807) is 47.4 Å². The lowest BCUT2D eigenvalue weighted by Gasteiger charge is -2.30. The second-order valence-corrected chi connectivity index (χ2v) is 8.77. The van der Waals surface area contributed by atoms with Crippen molar-refractivity contribution in [2.75, 3.05) is 24.5 Å². The summed E-state index contributed by atoms with van der Waals surface area (Å²) < 4.78 is 27.0. The Morgan fingerprint density at radius 3 is 2.52 bits per heavy atom. The Labute approximate surface area is 165 Å². The first-order chi connectivity index (χ1) is 12.9. The predicted octanol–water partition coefficient (Wildman–Crippen LogP) is 3.96. The standard InChI is InChI=1S/C20H23ClN2O3S/c1-3-22(4-2)27(25,26)16-11-12-19-15(14-16)8-7-13-23(19)20(24)17-9-5-6-10-18(17)21/h5-6,9-12,14H,3-4,7-8,13H2,1-2H3. The first-order valence-electron chi connectivity index (χ1n) is 9.09. The number of carbonyl (C=O) groups is 1. The highest BCUT2D eigenvalue weighted by atomic mass is 35.5. The van der Waals surface area contributed by atoms with Gasteiger partial charge in [-0.05, 0) is 48.7 Å². The zero-order valence-corrected chi connectivity index (χ0v) is 17.1. The topological polar surface area (TPSA) is 57.7 Å². The zero-order valence-electron chi connectivity index (χ0n) is 15.5. The minimum Gasteiger partial charge on any atom is -0.308 e. The maximum absolute atomic E-state index is 13.0. The third-order valence-electron chi connectivity index (χ3n) is 4.86. The van der Waals surface area contributed by atoms with Crippen molar-refractivity contribution in [3.63, 3.8) is 0 Å². The number of halogens is 1. The van der Waals surface area contributed by atoms with Gasteiger partial charge in [-0.3, -0.25) is 4.79 Å². The number of anilines is 1. The Balaban J connectivity index is 1.99. The van der Waals surface area contributed by atoms with Gasteiger partial charge in [-0.1, -0.05) is 37.6 Å². The third-order valence-corrected chi connectivity index (χ3v) is 7.24. The number of hydrogen-bond acceptors (Lipinski definition) is 3. The van der Waals surface area contributed by atoms with E-state index in [4.69, 9.17) is 11.6 Å². The van der Waals surface area contributed by atoms with Gasteiger partial charge in [0.2, 0.25) is 10.0 Å². The molecule has 0 unspecified atom stereocenters. The van der Waals surface area contributed by atoms with Gasteiger partial charge in [0.05, 0.1) is 15.5 Å². The molecule has 0 spiro atoms. The van der Waals surface area contributed by atoms with Crippen LogP contribution in [0.3, 0.4) is 0 Å². The van der Waals surface area contributed by atoms with Crippen LogP contribution in [0.5, 0.6) is 0 Å². The molecule has 0 saturated heterocycles. The first kappa shape index (κ1) is 19.9. The van der Waals surface area contributed by atoms with E-state index in [0.29, 0.717) is 30.2 Å². The molecule has 27 heavy (non-hydrogen) atoms. The van der Waals surface area contributed by atoms with E-state index in [1.165, 1.54) is 4.31 Å². The van der Waals surface area contributed by atoms with Crippen molar-refractivity contribution >= 4 is 33.2 Å². The summed E-state index contributed by atoms with van der Waals surface area (Å²) in [5.41, 5.74) is 2.08. The number of fused-ring (bicyclic) bond motifs is 1. The molecule has 5 nitrogen and oxygen atoms in total. The predicted molar refractivity (Wildman–Crippen MR) is 108 cm³/mol. The van der Waals surface area contributed by atoms with Gasteiger partial charge in [0, 0.05) is 25.3 Å². The molecule has 1 heterocycles. The molecule has 1 aliphatic rings. The molecule has 0 atom stereocenters. The van der Waals surface area contributed by atoms with E-state index in [-0.39, 0.29) is 10.8 Å². The summed E-state index contributed by atoms with van der Waals surface area (Å²) in [4.78, 5) is 14.9. The van der Waals surface area contributed by atoms with Crippen molar-refractivity contribution in [1.82, 2.24) is 4.31 Å². The Kier molecular flexibility index (Phi) is 5.89. The fourth-order valence-electron chi connectivity index (χ4n) is 3.44. The Hall–Kier alpha value is -1.89. The van der Waals surface area contributed by atoms with Crippen LogP contribution in [0.2, 0.25) is 5.02 Å². The summed E-state index contributed by atoms with van der Waals surface area (Å²) in [6, 6.07) is 12.0. The van der Waals surface area contributed by atoms with Gasteiger partial charge in [-0.2, -0.15) is 4.31 Å². The number of carbonyl (C=O) groups excluding carboxylic acids is 1. The van der Waals surface area contributed by atoms with Gasteiger partial charge < -0.3 is 4.90 Å². The minimum atomic E-state index is -3.52. The molecule has 0 bridgehead atoms. The van der Waals surface area contributed by atoms with Crippen molar-refractivity contribution in [3.05, 3.63) is 58.6 Å². The summed E-state index contributed by atoms with van der Waals surface area (Å²) in [6.07, 6.45) is 1.52. The fourth-order valence-corrected chi connectivity index (χ4v) is 5.16. The summed E-state index contributed by atoms with van der Waals surface area (Å²) in [7, 11) is -3.52. The van der Waals surface area contributed by atoms with Gasteiger partial charge in [-0.25, -0.2) is 8.42 Å². The number of sulfonamides is 1. The van der Waals surface area contributed by atoms with E-state index >= 15 is 0 Å². The highest BCUT2D eigenvalue weighted by Gasteiger charge is 2.28. The van der Waals surface area contributed by atoms with Crippen molar-refractivity contribution in [2.45, 2.75) is 31.6 Å². The van der Waals surface area contributed by atoms with Crippen molar-refractivity contribution in [1.29, 1.82) is 0 Å². The number of benzene rings is 2. The normalized spacial score (nSPS) is 14.3. The smallest absolute Gasteiger partial charge is 0.259 e. The fraction of sp³-hybridized carbons (Fsp3) is 0.350. The van der Waals surface area contributed by atoms with E-state index in [1.807, 2.05) is 13.8 Å². The molecule has 144 valence electrons. The first-order valence-corrected chi connectivity index (χ1v) is 10.9. The van der Waals surface area contributed by atoms with E-state index in [9.17, 15) is 13.2 Å². The van der Waals surface area contributed by atoms with Crippen LogP contribution in [-0.4, -0.2) is 38.3 Å². The number of rotatable bonds is 5.